The summed E-state index contributed by atoms with van der Waals surface area (Å²) >= 11 is 0. The van der Waals surface area contributed by atoms with Gasteiger partial charge in [-0.25, -0.2) is 0 Å². The number of phenolic OH excluding ortho intramolecular Hbond substituents is 1. The van der Waals surface area contributed by atoms with Crippen LogP contribution in [-0.4, -0.2) is 28.0 Å². The minimum Gasteiger partial charge on any atom is -0.508 e. The standard InChI is InChI=1S/C35H31NO3.C28H25NO3.C21H21NO2.C14H12O2.2CH4/c37-35(22-27-16-18-32(19-17-27)31-14-8-3-9-15-31)36-24-30-20-33(38-25-28-10-4-1-5-11-28)23-34(21-30)39-26-29-12-6-2-7-13-29;30-26-15-23(16-27(18-26)32-20-22-7-3-1-4-8-22)19-29-28(31)17-21-11-13-25(14-12-21)24-9-5-2-6-10-24;22-14-19-11-20(23-15-17-7-3-1-4-8-17)13-21(12-19)24-16-18-9-5-2-6-10-18;15-14(16)10-11-6-8-13(9-7-11)12-4-2-1-3-5-12;;/h1-21,23H,22,24-26H2,(H,36,37);1-16,18,30H,17,19-20H2,(H,29,31);1-13H,14-16,22H2;1-9H,10H2,(H,15,16);2*1H4. The van der Waals surface area contributed by atoms with Crippen molar-refractivity contribution < 1.29 is 48.3 Å². The smallest absolute Gasteiger partial charge is 0.307 e. The molecule has 13 heteroatoms. The number of benzene rings is 14. The largest absolute Gasteiger partial charge is 0.508 e. The Bertz CT molecular complexity index is 4980. The highest BCUT2D eigenvalue weighted by Gasteiger charge is 2.12. The number of hydrogen-bond donors (Lipinski definition) is 5. The number of rotatable bonds is 29. The molecule has 0 aliphatic rings. The summed E-state index contributed by atoms with van der Waals surface area (Å²) in [6.45, 7) is 3.50. The molecule has 0 aromatic heterocycles. The highest BCUT2D eigenvalue weighted by molar-refractivity contribution is 5.80. The molecule has 14 aromatic carbocycles. The lowest BCUT2D eigenvalue weighted by Gasteiger charge is -2.13. The molecule has 113 heavy (non-hydrogen) atoms. The van der Waals surface area contributed by atoms with E-state index in [4.69, 9.17) is 34.5 Å². The van der Waals surface area contributed by atoms with E-state index < -0.39 is 5.97 Å². The van der Waals surface area contributed by atoms with Crippen LogP contribution in [0.1, 0.15) is 76.1 Å². The van der Waals surface area contributed by atoms with Crippen LogP contribution in [-0.2, 0) is 86.3 Å². The number of carbonyl (C=O) groups excluding carboxylic acids is 2. The average Bonchev–Trinajstić information content (AvgIpc) is 0.867. The summed E-state index contributed by atoms with van der Waals surface area (Å²) in [5, 5.41) is 24.6. The Balaban J connectivity index is 0.000000179. The number of hydrogen-bond acceptors (Lipinski definition) is 10. The van der Waals surface area contributed by atoms with Gasteiger partial charge in [0.2, 0.25) is 11.8 Å². The molecule has 0 aliphatic heterocycles. The number of carbonyl (C=O) groups is 3. The van der Waals surface area contributed by atoms with Crippen LogP contribution in [0.3, 0.4) is 0 Å². The van der Waals surface area contributed by atoms with Crippen LogP contribution < -0.4 is 40.1 Å². The minimum absolute atomic E-state index is 0. The van der Waals surface area contributed by atoms with E-state index in [1.54, 1.807) is 12.1 Å². The first-order chi connectivity index (χ1) is 54.4. The van der Waals surface area contributed by atoms with E-state index in [2.05, 4.69) is 47.0 Å². The molecule has 0 fully saturated rings. The zero-order valence-corrected chi connectivity index (χ0v) is 61.7. The van der Waals surface area contributed by atoms with Gasteiger partial charge in [0.05, 0.1) is 19.3 Å². The highest BCUT2D eigenvalue weighted by Crippen LogP contribution is 2.29. The van der Waals surface area contributed by atoms with Gasteiger partial charge in [0.1, 0.15) is 67.5 Å². The molecule has 572 valence electrons. The van der Waals surface area contributed by atoms with Crippen LogP contribution in [0, 0.1) is 0 Å². The van der Waals surface area contributed by atoms with Crippen molar-refractivity contribution in [3.8, 4) is 67.9 Å². The van der Waals surface area contributed by atoms with Gasteiger partial charge in [-0.1, -0.05) is 330 Å². The Morgan fingerprint density at radius 1 is 0.257 bits per heavy atom. The Labute approximate surface area is 664 Å². The van der Waals surface area contributed by atoms with E-state index in [9.17, 15) is 19.5 Å². The lowest BCUT2D eigenvalue weighted by Crippen LogP contribution is -2.24. The van der Waals surface area contributed by atoms with Gasteiger partial charge in [0, 0.05) is 37.8 Å². The lowest BCUT2D eigenvalue weighted by atomic mass is 10.0. The van der Waals surface area contributed by atoms with Gasteiger partial charge in [-0.15, -0.1) is 0 Å². The van der Waals surface area contributed by atoms with Crippen molar-refractivity contribution in [2.24, 2.45) is 5.73 Å². The third-order valence-electron chi connectivity index (χ3n) is 17.6. The second-order valence-corrected chi connectivity index (χ2v) is 26.2. The Morgan fingerprint density at radius 2 is 0.487 bits per heavy atom. The minimum atomic E-state index is -0.799. The molecule has 0 aliphatic carbocycles. The maximum atomic E-state index is 12.8. The number of aromatic hydroxyl groups is 1. The molecule has 13 nitrogen and oxygen atoms in total. The van der Waals surface area contributed by atoms with Gasteiger partial charge < -0.3 is 50.3 Å². The second-order valence-electron chi connectivity index (χ2n) is 26.2. The number of phenols is 1. The van der Waals surface area contributed by atoms with Crippen molar-refractivity contribution in [1.29, 1.82) is 0 Å². The maximum absolute atomic E-state index is 12.8. The van der Waals surface area contributed by atoms with Crippen molar-refractivity contribution >= 4 is 17.8 Å². The Kier molecular flexibility index (Phi) is 33.4. The third kappa shape index (κ3) is 29.0. The summed E-state index contributed by atoms with van der Waals surface area (Å²) in [5.74, 6) is 2.70. The number of carboxylic acid groups (broad SMARTS) is 1. The van der Waals surface area contributed by atoms with Crippen LogP contribution in [0.4, 0.5) is 0 Å². The van der Waals surface area contributed by atoms with Crippen LogP contribution in [0.25, 0.3) is 33.4 Å². The van der Waals surface area contributed by atoms with Crippen molar-refractivity contribution in [2.75, 3.05) is 0 Å². The quantitative estimate of drug-likeness (QED) is 0.0300. The van der Waals surface area contributed by atoms with Gasteiger partial charge in [0.25, 0.3) is 0 Å². The van der Waals surface area contributed by atoms with E-state index in [-0.39, 0.29) is 38.8 Å². The van der Waals surface area contributed by atoms with Gasteiger partial charge in [-0.2, -0.15) is 0 Å². The summed E-state index contributed by atoms with van der Waals surface area (Å²) in [6.07, 6.45) is 0.691. The molecule has 0 unspecified atom stereocenters. The summed E-state index contributed by atoms with van der Waals surface area (Å²) in [7, 11) is 0. The third-order valence-corrected chi connectivity index (χ3v) is 17.6. The summed E-state index contributed by atoms with van der Waals surface area (Å²) in [6, 6.07) is 121. The first-order valence-electron chi connectivity index (χ1n) is 36.8. The Morgan fingerprint density at radius 3 is 0.752 bits per heavy atom. The fraction of sp³-hybridized carbons (Fsp3) is 0.130. The molecule has 0 atom stereocenters. The summed E-state index contributed by atoms with van der Waals surface area (Å²) < 4.78 is 29.7. The summed E-state index contributed by atoms with van der Waals surface area (Å²) in [4.78, 5) is 35.7. The molecule has 6 N–H and O–H groups in total. The number of amides is 2. The fourth-order valence-corrected chi connectivity index (χ4v) is 11.8. The van der Waals surface area contributed by atoms with Gasteiger partial charge in [-0.05, 0) is 131 Å². The van der Waals surface area contributed by atoms with Crippen molar-refractivity contribution in [2.45, 2.75) is 86.8 Å². The number of aliphatic carboxylic acids is 1. The van der Waals surface area contributed by atoms with E-state index in [0.29, 0.717) is 82.8 Å². The number of nitrogens with one attached hydrogen (secondary N) is 2. The average molecular weight is 1500 g/mol. The second kappa shape index (κ2) is 45.3. The summed E-state index contributed by atoms with van der Waals surface area (Å²) in [5.41, 5.74) is 23.5. The van der Waals surface area contributed by atoms with E-state index in [0.717, 1.165) is 106 Å². The topological polar surface area (TPSA) is 188 Å². The Hall–Kier alpha value is -13.8. The van der Waals surface area contributed by atoms with Gasteiger partial charge in [0.15, 0.2) is 0 Å². The van der Waals surface area contributed by atoms with E-state index >= 15 is 0 Å². The molecule has 14 aromatic rings. The first-order valence-corrected chi connectivity index (χ1v) is 36.8. The zero-order valence-electron chi connectivity index (χ0n) is 61.7. The molecule has 2 amide bonds. The predicted octanol–water partition coefficient (Wildman–Crippen LogP) is 21.4. The zero-order chi connectivity index (χ0) is 76.9. The van der Waals surface area contributed by atoms with Crippen LogP contribution in [0.2, 0.25) is 0 Å². The van der Waals surface area contributed by atoms with Crippen molar-refractivity contribution in [3.63, 3.8) is 0 Å². The molecule has 0 heterocycles. The molecule has 0 spiro atoms. The SMILES string of the molecule is C.C.NCc1cc(OCc2ccccc2)cc(OCc2ccccc2)c1.O=C(Cc1ccc(-c2ccccc2)cc1)NCc1cc(O)cc(OCc2ccccc2)c1.O=C(Cc1ccc(-c2ccccc2)cc1)NCc1cc(OCc2ccccc2)cc(OCc2ccccc2)c1.O=C(O)Cc1ccc(-c2ccccc2)cc1. The normalized spacial score (nSPS) is 10.2. The number of ether oxygens (including phenoxy) is 5. The lowest BCUT2D eigenvalue weighted by molar-refractivity contribution is -0.136. The molecule has 14 rings (SSSR count). The van der Waals surface area contributed by atoms with Crippen LogP contribution in [0.5, 0.6) is 34.5 Å². The van der Waals surface area contributed by atoms with Gasteiger partial charge >= 0.3 is 5.97 Å². The van der Waals surface area contributed by atoms with Crippen molar-refractivity contribution in [1.82, 2.24) is 10.6 Å². The fourth-order valence-electron chi connectivity index (χ4n) is 11.8. The highest BCUT2D eigenvalue weighted by atomic mass is 16.5. The predicted molar refractivity (Wildman–Crippen MR) is 454 cm³/mol. The molecule has 0 saturated heterocycles. The number of carboxylic acids is 1. The van der Waals surface area contributed by atoms with Crippen LogP contribution in [0.15, 0.2) is 370 Å². The molecule has 0 radical (unpaired) electrons. The monoisotopic (exact) mass is 1500 g/mol. The van der Waals surface area contributed by atoms with Crippen molar-refractivity contribution in [3.05, 3.63) is 431 Å². The molecular weight excluding hydrogens is 1400 g/mol. The van der Waals surface area contributed by atoms with Gasteiger partial charge in [-0.3, -0.25) is 14.4 Å². The molecular formula is C100H97N3O10. The number of nitrogens with two attached hydrogens (primary N) is 1. The van der Waals surface area contributed by atoms with E-state index in [1.807, 2.05) is 322 Å². The maximum Gasteiger partial charge on any atom is 0.307 e. The molecule has 0 saturated carbocycles. The van der Waals surface area contributed by atoms with Crippen LogP contribution >= 0.6 is 0 Å². The van der Waals surface area contributed by atoms with E-state index in [1.165, 1.54) is 0 Å². The first kappa shape index (κ1) is 83.3. The molecule has 0 bridgehead atoms.